The molecule has 4 rings (SSSR count). The lowest BCUT2D eigenvalue weighted by atomic mass is 9.94. The van der Waals surface area contributed by atoms with Crippen LogP contribution in [-0.2, 0) is 51.1 Å². The Hall–Kier alpha value is -1.96. The Labute approximate surface area is 280 Å². The summed E-state index contributed by atoms with van der Waals surface area (Å²) in [5.74, 6) is -1.55. The molecule has 264 valence electrons. The van der Waals surface area contributed by atoms with Crippen molar-refractivity contribution < 1.29 is 48.1 Å². The summed E-state index contributed by atoms with van der Waals surface area (Å²) in [4.78, 5) is 0. The molecule has 0 unspecified atom stereocenters. The molecule has 2 aliphatic heterocycles. The van der Waals surface area contributed by atoms with Gasteiger partial charge in [-0.15, -0.1) is 0 Å². The first-order chi connectivity index (χ1) is 22.6. The van der Waals surface area contributed by atoms with Crippen molar-refractivity contribution in [1.29, 1.82) is 0 Å². The van der Waals surface area contributed by atoms with Crippen LogP contribution in [0.3, 0.4) is 0 Å². The summed E-state index contributed by atoms with van der Waals surface area (Å²) < 4.78 is 49.0. The lowest BCUT2D eigenvalue weighted by molar-refractivity contribution is -0.328. The molecule has 10 heteroatoms. The predicted molar refractivity (Wildman–Crippen MR) is 176 cm³/mol. The maximum absolute atomic E-state index is 9.70. The van der Waals surface area contributed by atoms with Crippen molar-refractivity contribution in [2.24, 2.45) is 0 Å². The Balaban J connectivity index is 1.27. The summed E-state index contributed by atoms with van der Waals surface area (Å²) in [6.07, 6.45) is 3.43. The van der Waals surface area contributed by atoms with Crippen LogP contribution in [0.25, 0.3) is 0 Å². The Morgan fingerprint density at radius 1 is 0.617 bits per heavy atom. The third-order valence-corrected chi connectivity index (χ3v) is 8.33. The molecular weight excluding hydrogens is 604 g/mol. The minimum absolute atomic E-state index is 0.0198. The zero-order valence-corrected chi connectivity index (χ0v) is 28.6. The van der Waals surface area contributed by atoms with Gasteiger partial charge in [-0.2, -0.15) is 0 Å². The average Bonchev–Trinajstić information content (AvgIpc) is 3.01. The molecular formula is C37H56O10. The van der Waals surface area contributed by atoms with Crippen LogP contribution in [0.4, 0.5) is 0 Å². The number of hydrogen-bond donors (Lipinski definition) is 2. The second kappa shape index (κ2) is 19.3. The van der Waals surface area contributed by atoms with Gasteiger partial charge in [0.15, 0.2) is 11.6 Å². The summed E-state index contributed by atoms with van der Waals surface area (Å²) in [6.45, 7) is 9.00. The summed E-state index contributed by atoms with van der Waals surface area (Å²) >= 11 is 0. The molecule has 0 amide bonds. The molecule has 2 fully saturated rings. The van der Waals surface area contributed by atoms with Gasteiger partial charge in [-0.25, -0.2) is 0 Å². The molecule has 47 heavy (non-hydrogen) atoms. The van der Waals surface area contributed by atoms with Crippen molar-refractivity contribution in [1.82, 2.24) is 0 Å². The fraction of sp³-hybridized carbons (Fsp3) is 0.676. The van der Waals surface area contributed by atoms with Crippen molar-refractivity contribution >= 4 is 0 Å². The lowest BCUT2D eigenvalue weighted by Crippen LogP contribution is -2.50. The molecule has 2 aliphatic rings. The minimum atomic E-state index is -0.777. The van der Waals surface area contributed by atoms with E-state index in [-0.39, 0.29) is 63.4 Å². The Morgan fingerprint density at radius 3 is 1.38 bits per heavy atom. The molecule has 2 heterocycles. The minimum Gasteiger partial charge on any atom is -0.396 e. The van der Waals surface area contributed by atoms with Crippen LogP contribution >= 0.6 is 0 Å². The van der Waals surface area contributed by atoms with Crippen molar-refractivity contribution in [2.45, 2.75) is 134 Å². The van der Waals surface area contributed by atoms with Crippen molar-refractivity contribution in [3.63, 3.8) is 0 Å². The van der Waals surface area contributed by atoms with Gasteiger partial charge in [0.1, 0.15) is 13.6 Å². The first-order valence-electron chi connectivity index (χ1n) is 17.0. The van der Waals surface area contributed by atoms with Crippen LogP contribution < -0.4 is 0 Å². The van der Waals surface area contributed by atoms with Gasteiger partial charge in [0, 0.05) is 45.3 Å². The van der Waals surface area contributed by atoms with E-state index in [0.29, 0.717) is 58.2 Å². The van der Waals surface area contributed by atoms with Gasteiger partial charge in [-0.05, 0) is 51.7 Å². The number of aliphatic hydroxyl groups is 2. The number of rotatable bonds is 20. The number of ether oxygens (including phenoxy) is 8. The van der Waals surface area contributed by atoms with Gasteiger partial charge >= 0.3 is 0 Å². The third kappa shape index (κ3) is 14.2. The largest absolute Gasteiger partial charge is 0.396 e. The normalized spacial score (nSPS) is 25.3. The molecule has 10 nitrogen and oxygen atoms in total. The molecule has 0 spiro atoms. The highest BCUT2D eigenvalue weighted by Crippen LogP contribution is 2.36. The summed E-state index contributed by atoms with van der Waals surface area (Å²) in [5, 5.41) is 19.4. The highest BCUT2D eigenvalue weighted by Gasteiger charge is 2.41. The monoisotopic (exact) mass is 660 g/mol. The van der Waals surface area contributed by atoms with Gasteiger partial charge in [-0.1, -0.05) is 60.7 Å². The maximum atomic E-state index is 9.70. The van der Waals surface area contributed by atoms with E-state index in [1.165, 1.54) is 0 Å². The Kier molecular flexibility index (Phi) is 15.5. The van der Waals surface area contributed by atoms with Gasteiger partial charge in [0.25, 0.3) is 0 Å². The van der Waals surface area contributed by atoms with Gasteiger partial charge in [-0.3, -0.25) is 0 Å². The Bertz CT molecular complexity index is 1030. The van der Waals surface area contributed by atoms with Crippen LogP contribution in [-0.4, -0.2) is 85.2 Å². The zero-order chi connectivity index (χ0) is 33.5. The van der Waals surface area contributed by atoms with Crippen molar-refractivity contribution in [3.05, 3.63) is 71.8 Å². The topological polar surface area (TPSA) is 114 Å². The third-order valence-electron chi connectivity index (χ3n) is 8.33. The van der Waals surface area contributed by atoms with Crippen molar-refractivity contribution in [3.8, 4) is 0 Å². The van der Waals surface area contributed by atoms with Crippen LogP contribution in [0.1, 0.15) is 83.8 Å². The van der Waals surface area contributed by atoms with Crippen LogP contribution in [0.5, 0.6) is 0 Å². The second-order valence-electron chi connectivity index (χ2n) is 13.4. The molecule has 0 radical (unpaired) electrons. The SMILES string of the molecule is CC1(C)O[C@H](C[C@H]2C[C@H](C[C@@H](CCO)OCOCc3ccccc3)OC(C)(C)O2)C[C@H](C[C@@H](CCO)OCOCc2ccccc2)O1. The smallest absolute Gasteiger partial charge is 0.163 e. The summed E-state index contributed by atoms with van der Waals surface area (Å²) in [7, 11) is 0. The van der Waals surface area contributed by atoms with Gasteiger partial charge < -0.3 is 48.1 Å². The number of hydrogen-bond acceptors (Lipinski definition) is 10. The molecule has 6 atom stereocenters. The standard InChI is InChI=1S/C37H56O10/c1-36(2)44-32(19-30(15-17-38)42-26-40-24-28-11-7-5-8-12-28)21-34(46-36)23-35-22-33(45-37(3,4)47-35)20-31(16-18-39)43-27-41-25-29-13-9-6-10-14-29/h5-14,30-35,38-39H,15-27H2,1-4H3/t30-,31-,32+,33+,34-,35+/m1/s1. The van der Waals surface area contributed by atoms with E-state index in [4.69, 9.17) is 37.9 Å². The number of aliphatic hydroxyl groups excluding tert-OH is 2. The van der Waals surface area contributed by atoms with E-state index in [1.54, 1.807) is 0 Å². The molecule has 2 aromatic rings. The molecule has 0 saturated carbocycles. The van der Waals surface area contributed by atoms with E-state index >= 15 is 0 Å². The fourth-order valence-corrected chi connectivity index (χ4v) is 6.48. The van der Waals surface area contributed by atoms with Gasteiger partial charge in [0.05, 0.1) is 49.8 Å². The predicted octanol–water partition coefficient (Wildman–Crippen LogP) is 5.86. The van der Waals surface area contributed by atoms with Crippen LogP contribution in [0.2, 0.25) is 0 Å². The zero-order valence-electron chi connectivity index (χ0n) is 28.6. The highest BCUT2D eigenvalue weighted by molar-refractivity contribution is 5.14. The number of benzene rings is 2. The highest BCUT2D eigenvalue weighted by atomic mass is 16.7. The first-order valence-corrected chi connectivity index (χ1v) is 17.0. The van der Waals surface area contributed by atoms with E-state index in [2.05, 4.69) is 0 Å². The summed E-state index contributed by atoms with van der Waals surface area (Å²) in [5.41, 5.74) is 2.16. The maximum Gasteiger partial charge on any atom is 0.163 e. The summed E-state index contributed by atoms with van der Waals surface area (Å²) in [6, 6.07) is 19.9. The van der Waals surface area contributed by atoms with Crippen molar-refractivity contribution in [2.75, 3.05) is 26.8 Å². The second-order valence-corrected chi connectivity index (χ2v) is 13.4. The Morgan fingerprint density at radius 2 is 1.00 bits per heavy atom. The van der Waals surface area contributed by atoms with E-state index in [9.17, 15) is 10.2 Å². The van der Waals surface area contributed by atoms with E-state index in [0.717, 1.165) is 11.1 Å². The van der Waals surface area contributed by atoms with Gasteiger partial charge in [0.2, 0.25) is 0 Å². The quantitative estimate of drug-likeness (QED) is 0.132. The molecule has 2 N–H and O–H groups in total. The van der Waals surface area contributed by atoms with Crippen LogP contribution in [0, 0.1) is 0 Å². The fourth-order valence-electron chi connectivity index (χ4n) is 6.48. The molecule has 0 aromatic heterocycles. The molecule has 0 aliphatic carbocycles. The van der Waals surface area contributed by atoms with E-state index in [1.807, 2.05) is 88.4 Å². The molecule has 0 bridgehead atoms. The lowest BCUT2D eigenvalue weighted by Gasteiger charge is -2.45. The molecule has 2 saturated heterocycles. The first kappa shape index (κ1) is 37.9. The average molecular weight is 661 g/mol. The van der Waals surface area contributed by atoms with E-state index < -0.39 is 11.6 Å². The van der Waals surface area contributed by atoms with Crippen LogP contribution in [0.15, 0.2) is 60.7 Å². The molecule has 2 aromatic carbocycles.